The second kappa shape index (κ2) is 5.11. The maximum atomic E-state index is 12.6. The molecule has 1 aromatic heterocycles. The lowest BCUT2D eigenvalue weighted by molar-refractivity contribution is -0.0848. The summed E-state index contributed by atoms with van der Waals surface area (Å²) in [7, 11) is 0. The van der Waals surface area contributed by atoms with E-state index in [0.717, 1.165) is 29.0 Å². The Hall–Kier alpha value is -0.520. The Morgan fingerprint density at radius 2 is 2.53 bits per heavy atom. The highest BCUT2D eigenvalue weighted by molar-refractivity contribution is 7.12. The second-order valence-corrected chi connectivity index (χ2v) is 6.60. The minimum atomic E-state index is -2.29. The Labute approximate surface area is 117 Å². The standard InChI is InChI=1S/C14H19F2NOS/c1-9-8-14(3-4-17-9)13-10(2-5-18-14)6-11(19-13)7-12(15)16/h6,9,12,17H,2-5,7-8H2,1H3/t9-,14+/m0/s1/i/hD. The van der Waals surface area contributed by atoms with Crippen LogP contribution in [0.25, 0.3) is 0 Å². The molecule has 3 rings (SSSR count). The molecule has 1 aromatic rings. The zero-order chi connectivity index (χ0) is 14.3. The molecular formula is C14H19F2NOS. The molecule has 2 atom stereocenters. The van der Waals surface area contributed by atoms with E-state index in [1.807, 2.05) is 13.0 Å². The van der Waals surface area contributed by atoms with Crippen molar-refractivity contribution in [1.82, 2.24) is 5.31 Å². The molecule has 0 unspecified atom stereocenters. The minimum absolute atomic E-state index is 0.135. The molecule has 3 heterocycles. The molecule has 19 heavy (non-hydrogen) atoms. The molecule has 5 heteroatoms. The molecule has 0 bridgehead atoms. The number of halogens is 2. The summed E-state index contributed by atoms with van der Waals surface area (Å²) in [4.78, 5) is 1.90. The maximum absolute atomic E-state index is 12.6. The van der Waals surface area contributed by atoms with Crippen molar-refractivity contribution in [3.05, 3.63) is 21.4 Å². The molecule has 2 aliphatic rings. The van der Waals surface area contributed by atoms with Crippen molar-refractivity contribution in [1.29, 1.82) is 0 Å². The fraction of sp³-hybridized carbons (Fsp3) is 0.714. The molecule has 1 saturated heterocycles. The summed E-state index contributed by atoms with van der Waals surface area (Å²) < 4.78 is 39.1. The summed E-state index contributed by atoms with van der Waals surface area (Å²) in [5.74, 6) is 0. The fourth-order valence-corrected chi connectivity index (χ4v) is 4.57. The first-order valence-electron chi connectivity index (χ1n) is 7.24. The van der Waals surface area contributed by atoms with Gasteiger partial charge in [-0.2, -0.15) is 0 Å². The van der Waals surface area contributed by atoms with Gasteiger partial charge in [0.25, 0.3) is 0 Å². The van der Waals surface area contributed by atoms with E-state index in [1.165, 1.54) is 16.9 Å². The van der Waals surface area contributed by atoms with E-state index < -0.39 is 6.43 Å². The molecule has 0 radical (unpaired) electrons. The number of thiophene rings is 1. The Bertz CT molecular complexity index is 496. The number of piperidine rings is 1. The van der Waals surface area contributed by atoms with Gasteiger partial charge in [0.1, 0.15) is 7.01 Å². The number of hydrogen-bond acceptors (Lipinski definition) is 3. The van der Waals surface area contributed by atoms with Crippen LogP contribution in [0.4, 0.5) is 8.78 Å². The van der Waals surface area contributed by atoms with Crippen LogP contribution in [0.1, 0.15) is 35.1 Å². The third-order valence-corrected chi connectivity index (χ3v) is 5.35. The highest BCUT2D eigenvalue weighted by Crippen LogP contribution is 2.45. The maximum Gasteiger partial charge on any atom is 0.243 e. The average Bonchev–Trinajstić information content (AvgIpc) is 2.78. The van der Waals surface area contributed by atoms with Crippen molar-refractivity contribution in [2.45, 2.75) is 50.7 Å². The van der Waals surface area contributed by atoms with Gasteiger partial charge in [-0.15, -0.1) is 11.3 Å². The van der Waals surface area contributed by atoms with E-state index in [1.54, 1.807) is 5.31 Å². The summed E-state index contributed by atoms with van der Waals surface area (Å²) >= 11 is 1.49. The predicted octanol–water partition coefficient (Wildman–Crippen LogP) is 3.10. The van der Waals surface area contributed by atoms with Crippen molar-refractivity contribution in [3.8, 4) is 0 Å². The van der Waals surface area contributed by atoms with Crippen LogP contribution in [0.5, 0.6) is 0 Å². The Kier molecular flexibility index (Phi) is 3.29. The first kappa shape index (κ1) is 12.2. The van der Waals surface area contributed by atoms with Crippen LogP contribution in [-0.4, -0.2) is 25.6 Å². The Balaban J connectivity index is 1.91. The van der Waals surface area contributed by atoms with Crippen molar-refractivity contribution < 1.29 is 14.9 Å². The highest BCUT2D eigenvalue weighted by atomic mass is 32.1. The van der Waals surface area contributed by atoms with Crippen molar-refractivity contribution in [3.63, 3.8) is 0 Å². The van der Waals surface area contributed by atoms with Crippen LogP contribution >= 0.6 is 11.3 Å². The van der Waals surface area contributed by atoms with Crippen molar-refractivity contribution in [2.75, 3.05) is 13.2 Å². The molecule has 0 amide bonds. The lowest BCUT2D eigenvalue weighted by atomic mass is 9.83. The topological polar surface area (TPSA) is 21.3 Å². The molecule has 0 aromatic carbocycles. The van der Waals surface area contributed by atoms with E-state index in [-0.39, 0.29) is 18.1 Å². The van der Waals surface area contributed by atoms with Gasteiger partial charge in [-0.1, -0.05) is 0 Å². The number of hydrogen-bond donors (Lipinski definition) is 1. The van der Waals surface area contributed by atoms with Gasteiger partial charge in [0.05, 0.1) is 6.61 Å². The summed E-state index contributed by atoms with van der Waals surface area (Å²) in [6.45, 7) is 3.35. The van der Waals surface area contributed by atoms with Gasteiger partial charge in [0, 0.05) is 22.2 Å². The van der Waals surface area contributed by atoms with E-state index in [2.05, 4.69) is 0 Å². The number of fused-ring (bicyclic) bond motifs is 2. The number of nitrogens with one attached hydrogen (secondary N) is 1. The van der Waals surface area contributed by atoms with Crippen LogP contribution in [0, 0.1) is 0 Å². The van der Waals surface area contributed by atoms with Gasteiger partial charge in [-0.25, -0.2) is 8.78 Å². The number of rotatable bonds is 2. The van der Waals surface area contributed by atoms with E-state index in [0.29, 0.717) is 13.2 Å². The molecule has 106 valence electrons. The third kappa shape index (κ3) is 2.56. The van der Waals surface area contributed by atoms with Crippen LogP contribution < -0.4 is 5.31 Å². The fourth-order valence-electron chi connectivity index (χ4n) is 3.18. The smallest absolute Gasteiger partial charge is 0.243 e. The van der Waals surface area contributed by atoms with E-state index in [9.17, 15) is 8.78 Å². The van der Waals surface area contributed by atoms with E-state index >= 15 is 0 Å². The molecular weight excluding hydrogens is 268 g/mol. The van der Waals surface area contributed by atoms with Crippen molar-refractivity contribution in [2.24, 2.45) is 0 Å². The summed E-state index contributed by atoms with van der Waals surface area (Å²) in [5.41, 5.74) is 0.845. The molecule has 0 aliphatic carbocycles. The summed E-state index contributed by atoms with van der Waals surface area (Å²) in [5, 5.41) is 1.59. The second-order valence-electron chi connectivity index (χ2n) is 5.46. The monoisotopic (exact) mass is 288 g/mol. The van der Waals surface area contributed by atoms with Crippen molar-refractivity contribution >= 4 is 11.3 Å². The number of alkyl halides is 2. The summed E-state index contributed by atoms with van der Waals surface area (Å²) in [6.07, 6.45) is -0.0782. The van der Waals surface area contributed by atoms with Crippen LogP contribution in [0.15, 0.2) is 6.07 Å². The zero-order valence-corrected chi connectivity index (χ0v) is 11.8. The Morgan fingerprint density at radius 3 is 3.26 bits per heavy atom. The molecule has 0 saturated carbocycles. The average molecular weight is 288 g/mol. The molecule has 1 N–H and O–H groups in total. The molecule has 2 nitrogen and oxygen atoms in total. The van der Waals surface area contributed by atoms with Gasteiger partial charge >= 0.3 is 0 Å². The number of ether oxygens (including phenoxy) is 1. The van der Waals surface area contributed by atoms with Gasteiger partial charge in [-0.05, 0) is 44.4 Å². The quantitative estimate of drug-likeness (QED) is 0.903. The van der Waals surface area contributed by atoms with Gasteiger partial charge in [0.2, 0.25) is 6.43 Å². The lowest BCUT2D eigenvalue weighted by Crippen LogP contribution is -2.48. The van der Waals surface area contributed by atoms with Crippen LogP contribution in [-0.2, 0) is 23.2 Å². The zero-order valence-electron chi connectivity index (χ0n) is 12.0. The Morgan fingerprint density at radius 1 is 1.68 bits per heavy atom. The predicted molar refractivity (Wildman–Crippen MR) is 72.1 cm³/mol. The molecule has 2 aliphatic heterocycles. The van der Waals surface area contributed by atoms with Gasteiger partial charge in [-0.3, -0.25) is 0 Å². The normalized spacial score (nSPS) is 32.6. The van der Waals surface area contributed by atoms with Gasteiger partial charge in [0.15, 0.2) is 0 Å². The van der Waals surface area contributed by atoms with Crippen LogP contribution in [0.3, 0.4) is 0 Å². The molecule has 1 fully saturated rings. The third-order valence-electron chi connectivity index (χ3n) is 3.96. The highest BCUT2D eigenvalue weighted by Gasteiger charge is 2.42. The first-order valence-corrected chi connectivity index (χ1v) is 7.61. The first-order chi connectivity index (χ1) is 9.50. The largest absolute Gasteiger partial charge is 0.369 e. The summed E-state index contributed by atoms with van der Waals surface area (Å²) in [6, 6.07) is 2.07. The SMILES string of the molecule is [2H]N1CC[C@]2(C[C@@H]1C)OCCc1cc(CC(F)F)sc12. The lowest BCUT2D eigenvalue weighted by Gasteiger charge is -2.42. The van der Waals surface area contributed by atoms with Gasteiger partial charge < -0.3 is 10.0 Å². The minimum Gasteiger partial charge on any atom is -0.369 e. The van der Waals surface area contributed by atoms with E-state index in [4.69, 9.17) is 6.15 Å². The molecule has 1 spiro atoms. The van der Waals surface area contributed by atoms with Crippen LogP contribution in [0.2, 0.25) is 1.41 Å².